The molecule has 2 aliphatic rings. The standard InChI is InChI=1S/C12H19NO3/c1-9-8-12(15-6-7-16-12)5-4-10(9)2-3-11(13)14/h4,9H,2-3,5-8H2,1H3,(H2,13,14). The monoisotopic (exact) mass is 225 g/mol. The zero-order valence-electron chi connectivity index (χ0n) is 9.70. The van der Waals surface area contributed by atoms with E-state index in [1.165, 1.54) is 5.57 Å². The quantitative estimate of drug-likeness (QED) is 0.737. The average molecular weight is 225 g/mol. The highest BCUT2D eigenvalue weighted by Gasteiger charge is 2.40. The molecule has 1 aliphatic heterocycles. The van der Waals surface area contributed by atoms with Crippen LogP contribution in [0, 0.1) is 5.92 Å². The van der Waals surface area contributed by atoms with Crippen LogP contribution >= 0.6 is 0 Å². The van der Waals surface area contributed by atoms with Gasteiger partial charge in [0.1, 0.15) is 0 Å². The first-order valence-electron chi connectivity index (χ1n) is 5.86. The zero-order valence-corrected chi connectivity index (χ0v) is 9.70. The Hall–Kier alpha value is -0.870. The van der Waals surface area contributed by atoms with E-state index in [4.69, 9.17) is 15.2 Å². The Morgan fingerprint density at radius 3 is 2.81 bits per heavy atom. The number of rotatable bonds is 3. The van der Waals surface area contributed by atoms with Crippen molar-refractivity contribution in [3.05, 3.63) is 11.6 Å². The minimum Gasteiger partial charge on any atom is -0.370 e. The first-order valence-corrected chi connectivity index (χ1v) is 5.86. The second kappa shape index (κ2) is 4.55. The van der Waals surface area contributed by atoms with Gasteiger partial charge in [-0.25, -0.2) is 0 Å². The SMILES string of the molecule is CC1CC2(CC=C1CCC(N)=O)OCCO2. The van der Waals surface area contributed by atoms with Crippen LogP contribution in [0.1, 0.15) is 32.6 Å². The fourth-order valence-electron chi connectivity index (χ4n) is 2.52. The molecule has 1 aliphatic carbocycles. The van der Waals surface area contributed by atoms with Crippen molar-refractivity contribution in [3.8, 4) is 0 Å². The molecule has 2 N–H and O–H groups in total. The average Bonchev–Trinajstić information content (AvgIpc) is 2.65. The van der Waals surface area contributed by atoms with Gasteiger partial charge in [0.05, 0.1) is 13.2 Å². The van der Waals surface area contributed by atoms with Crippen molar-refractivity contribution in [1.29, 1.82) is 0 Å². The highest BCUT2D eigenvalue weighted by molar-refractivity contribution is 5.74. The molecule has 0 saturated carbocycles. The number of nitrogens with two attached hydrogens (primary N) is 1. The lowest BCUT2D eigenvalue weighted by Gasteiger charge is -2.34. The van der Waals surface area contributed by atoms with Crippen LogP contribution in [-0.4, -0.2) is 24.9 Å². The van der Waals surface area contributed by atoms with E-state index >= 15 is 0 Å². The summed E-state index contributed by atoms with van der Waals surface area (Å²) in [4.78, 5) is 10.7. The third kappa shape index (κ3) is 2.44. The number of primary amides is 1. The summed E-state index contributed by atoms with van der Waals surface area (Å²) < 4.78 is 11.3. The molecule has 90 valence electrons. The van der Waals surface area contributed by atoms with Gasteiger partial charge in [0.25, 0.3) is 0 Å². The van der Waals surface area contributed by atoms with Crippen molar-refractivity contribution >= 4 is 5.91 Å². The summed E-state index contributed by atoms with van der Waals surface area (Å²) in [6, 6.07) is 0. The maximum atomic E-state index is 10.7. The summed E-state index contributed by atoms with van der Waals surface area (Å²) >= 11 is 0. The Balaban J connectivity index is 1.96. The first-order chi connectivity index (χ1) is 7.61. The fourth-order valence-corrected chi connectivity index (χ4v) is 2.52. The van der Waals surface area contributed by atoms with Gasteiger partial charge in [-0.1, -0.05) is 18.6 Å². The van der Waals surface area contributed by atoms with E-state index in [9.17, 15) is 4.79 Å². The lowest BCUT2D eigenvalue weighted by atomic mass is 9.83. The van der Waals surface area contributed by atoms with E-state index < -0.39 is 0 Å². The molecule has 1 spiro atoms. The molecule has 1 amide bonds. The summed E-state index contributed by atoms with van der Waals surface area (Å²) in [5, 5.41) is 0. The van der Waals surface area contributed by atoms with Gasteiger partial charge in [-0.2, -0.15) is 0 Å². The van der Waals surface area contributed by atoms with Gasteiger partial charge in [0, 0.05) is 19.3 Å². The van der Waals surface area contributed by atoms with Gasteiger partial charge in [0.15, 0.2) is 5.79 Å². The highest BCUT2D eigenvalue weighted by atomic mass is 16.7. The smallest absolute Gasteiger partial charge is 0.217 e. The van der Waals surface area contributed by atoms with Gasteiger partial charge in [-0.3, -0.25) is 4.79 Å². The van der Waals surface area contributed by atoms with E-state index in [1.807, 2.05) is 0 Å². The number of amides is 1. The van der Waals surface area contributed by atoms with E-state index in [-0.39, 0.29) is 11.7 Å². The summed E-state index contributed by atoms with van der Waals surface area (Å²) in [5.41, 5.74) is 6.46. The molecule has 2 rings (SSSR count). The van der Waals surface area contributed by atoms with Crippen LogP contribution in [0.2, 0.25) is 0 Å². The predicted octanol–water partition coefficient (Wildman–Crippen LogP) is 1.35. The van der Waals surface area contributed by atoms with Crippen LogP contribution < -0.4 is 5.73 Å². The number of hydrogen-bond acceptors (Lipinski definition) is 3. The van der Waals surface area contributed by atoms with Crippen molar-refractivity contribution in [2.24, 2.45) is 11.7 Å². The predicted molar refractivity (Wildman–Crippen MR) is 59.5 cm³/mol. The van der Waals surface area contributed by atoms with Gasteiger partial charge in [0.2, 0.25) is 5.91 Å². The van der Waals surface area contributed by atoms with Gasteiger partial charge >= 0.3 is 0 Å². The molecule has 1 heterocycles. The molecule has 16 heavy (non-hydrogen) atoms. The highest BCUT2D eigenvalue weighted by Crippen LogP contribution is 2.39. The van der Waals surface area contributed by atoms with Crippen LogP contribution in [0.4, 0.5) is 0 Å². The Morgan fingerprint density at radius 1 is 1.56 bits per heavy atom. The van der Waals surface area contributed by atoms with Crippen molar-refractivity contribution in [2.75, 3.05) is 13.2 Å². The summed E-state index contributed by atoms with van der Waals surface area (Å²) in [6.45, 7) is 3.53. The molecule has 1 fully saturated rings. The van der Waals surface area contributed by atoms with E-state index in [1.54, 1.807) is 0 Å². The van der Waals surface area contributed by atoms with Crippen molar-refractivity contribution in [1.82, 2.24) is 0 Å². The molecular formula is C12H19NO3. The molecule has 1 saturated heterocycles. The molecule has 0 bridgehead atoms. The fraction of sp³-hybridized carbons (Fsp3) is 0.750. The third-order valence-electron chi connectivity index (χ3n) is 3.40. The van der Waals surface area contributed by atoms with Crippen LogP contribution in [0.15, 0.2) is 11.6 Å². The zero-order chi connectivity index (χ0) is 11.6. The van der Waals surface area contributed by atoms with Crippen molar-refractivity contribution in [2.45, 2.75) is 38.4 Å². The Kier molecular flexibility index (Phi) is 3.30. The maximum absolute atomic E-state index is 10.7. The molecule has 0 aromatic rings. The molecular weight excluding hydrogens is 206 g/mol. The number of allylic oxidation sites excluding steroid dienone is 1. The normalized spacial score (nSPS) is 28.1. The lowest BCUT2D eigenvalue weighted by molar-refractivity contribution is -0.168. The molecule has 4 nitrogen and oxygen atoms in total. The Morgan fingerprint density at radius 2 is 2.25 bits per heavy atom. The second-order valence-corrected chi connectivity index (χ2v) is 4.66. The van der Waals surface area contributed by atoms with Crippen LogP contribution in [-0.2, 0) is 14.3 Å². The molecule has 0 aromatic carbocycles. The maximum Gasteiger partial charge on any atom is 0.217 e. The summed E-state index contributed by atoms with van der Waals surface area (Å²) in [6.07, 6.45) is 5.04. The number of ether oxygens (including phenoxy) is 2. The Labute approximate surface area is 95.8 Å². The Bertz CT molecular complexity index is 305. The van der Waals surface area contributed by atoms with Crippen LogP contribution in [0.25, 0.3) is 0 Å². The first kappa shape index (κ1) is 11.6. The third-order valence-corrected chi connectivity index (χ3v) is 3.40. The van der Waals surface area contributed by atoms with Crippen LogP contribution in [0.5, 0.6) is 0 Å². The topological polar surface area (TPSA) is 61.6 Å². The number of hydrogen-bond donors (Lipinski definition) is 1. The second-order valence-electron chi connectivity index (χ2n) is 4.66. The van der Waals surface area contributed by atoms with Crippen LogP contribution in [0.3, 0.4) is 0 Å². The van der Waals surface area contributed by atoms with E-state index in [0.717, 1.165) is 19.3 Å². The molecule has 0 radical (unpaired) electrons. The number of carbonyl (C=O) groups excluding carboxylic acids is 1. The van der Waals surface area contributed by atoms with E-state index in [0.29, 0.717) is 25.6 Å². The molecule has 4 heteroatoms. The van der Waals surface area contributed by atoms with Gasteiger partial charge in [-0.15, -0.1) is 0 Å². The lowest BCUT2D eigenvalue weighted by Crippen LogP contribution is -2.35. The minimum absolute atomic E-state index is 0.234. The van der Waals surface area contributed by atoms with Crippen molar-refractivity contribution in [3.63, 3.8) is 0 Å². The molecule has 1 unspecified atom stereocenters. The molecule has 1 atom stereocenters. The van der Waals surface area contributed by atoms with E-state index in [2.05, 4.69) is 13.0 Å². The largest absolute Gasteiger partial charge is 0.370 e. The summed E-state index contributed by atoms with van der Waals surface area (Å²) in [7, 11) is 0. The van der Waals surface area contributed by atoms with Gasteiger partial charge < -0.3 is 15.2 Å². The van der Waals surface area contributed by atoms with Crippen molar-refractivity contribution < 1.29 is 14.3 Å². The molecule has 0 aromatic heterocycles. The minimum atomic E-state index is -0.379. The summed E-state index contributed by atoms with van der Waals surface area (Å²) in [5.74, 6) is -0.205. The van der Waals surface area contributed by atoms with Gasteiger partial charge in [-0.05, 0) is 12.3 Å². The number of carbonyl (C=O) groups is 1.